The lowest BCUT2D eigenvalue weighted by Crippen LogP contribution is -2.06. The lowest BCUT2D eigenvalue weighted by Gasteiger charge is -2.11. The Morgan fingerprint density at radius 1 is 1.54 bits per heavy atom. The van der Waals surface area contributed by atoms with Crippen molar-refractivity contribution in [2.24, 2.45) is 0 Å². The first-order valence-corrected chi connectivity index (χ1v) is 5.58. The van der Waals surface area contributed by atoms with Crippen molar-refractivity contribution in [3.8, 4) is 5.75 Å². The Bertz CT molecular complexity index is 265. The molecule has 3 heteroatoms. The fourth-order valence-corrected chi connectivity index (χ4v) is 1.83. The third-order valence-corrected chi connectivity index (χ3v) is 2.46. The number of benzene rings is 1. The van der Waals surface area contributed by atoms with Gasteiger partial charge >= 0.3 is 0 Å². The second-order valence-electron chi connectivity index (χ2n) is 2.77. The Balaban J connectivity index is 2.53. The molecular weight excluding hydrogens is 251 g/mol. The van der Waals surface area contributed by atoms with Crippen LogP contribution < -0.4 is 4.74 Å². The molecule has 0 N–H and O–H groups in total. The minimum absolute atomic E-state index is 0.0796. The molecule has 0 spiro atoms. The molecule has 0 aliphatic heterocycles. The summed E-state index contributed by atoms with van der Waals surface area (Å²) in [5.41, 5.74) is 0. The first-order valence-electron chi connectivity index (χ1n) is 4.28. The summed E-state index contributed by atoms with van der Waals surface area (Å²) >= 11 is 9.24. The van der Waals surface area contributed by atoms with Gasteiger partial charge in [-0.15, -0.1) is 0 Å². The maximum atomic E-state index is 5.81. The van der Waals surface area contributed by atoms with Gasteiger partial charge in [-0.2, -0.15) is 0 Å². The molecule has 1 nitrogen and oxygen atoms in total. The molecule has 0 heterocycles. The molecule has 1 unspecified atom stereocenters. The van der Waals surface area contributed by atoms with Gasteiger partial charge in [0.15, 0.2) is 5.01 Å². The van der Waals surface area contributed by atoms with Gasteiger partial charge in [0.2, 0.25) is 0 Å². The number of halogens is 2. The number of hydrogen-bond donors (Lipinski definition) is 0. The zero-order valence-electron chi connectivity index (χ0n) is 7.47. The molecule has 1 aromatic carbocycles. The first-order chi connectivity index (χ1) is 6.22. The van der Waals surface area contributed by atoms with Crippen molar-refractivity contribution in [2.75, 3.05) is 0 Å². The molecule has 0 saturated heterocycles. The second kappa shape index (κ2) is 5.51. The van der Waals surface area contributed by atoms with Crippen LogP contribution in [0.25, 0.3) is 0 Å². The summed E-state index contributed by atoms with van der Waals surface area (Å²) in [6, 6.07) is 7.42. The molecule has 0 fully saturated rings. The Labute approximate surface area is 92.2 Å². The summed E-state index contributed by atoms with van der Waals surface area (Å²) in [5.74, 6) is 0.808. The van der Waals surface area contributed by atoms with E-state index in [1.54, 1.807) is 0 Å². The van der Waals surface area contributed by atoms with Crippen molar-refractivity contribution >= 4 is 27.5 Å². The Morgan fingerprint density at radius 3 is 2.92 bits per heavy atom. The highest BCUT2D eigenvalue weighted by atomic mass is 79.9. The lowest BCUT2D eigenvalue weighted by molar-refractivity contribution is 0.282. The van der Waals surface area contributed by atoms with Gasteiger partial charge in [-0.25, -0.2) is 0 Å². The third kappa shape index (κ3) is 4.01. The average molecular weight is 264 g/mol. The van der Waals surface area contributed by atoms with Crippen LogP contribution in [0.4, 0.5) is 0 Å². The Morgan fingerprint density at radius 2 is 2.31 bits per heavy atom. The quantitative estimate of drug-likeness (QED) is 0.738. The van der Waals surface area contributed by atoms with Crippen LogP contribution in [0.2, 0.25) is 5.02 Å². The SMILES string of the molecule is CCCC(Br)Oc1cccc(Cl)c1. The summed E-state index contributed by atoms with van der Waals surface area (Å²) in [4.78, 5) is 0. The van der Waals surface area contributed by atoms with E-state index in [0.29, 0.717) is 5.02 Å². The van der Waals surface area contributed by atoms with E-state index < -0.39 is 0 Å². The topological polar surface area (TPSA) is 9.23 Å². The van der Waals surface area contributed by atoms with Gasteiger partial charge in [-0.05, 0) is 40.5 Å². The smallest absolute Gasteiger partial charge is 0.153 e. The van der Waals surface area contributed by atoms with Crippen LogP contribution in [0.1, 0.15) is 19.8 Å². The number of hydrogen-bond acceptors (Lipinski definition) is 1. The highest BCUT2D eigenvalue weighted by Crippen LogP contribution is 2.21. The molecule has 0 bridgehead atoms. The third-order valence-electron chi connectivity index (χ3n) is 1.58. The van der Waals surface area contributed by atoms with Crippen LogP contribution in [0.15, 0.2) is 24.3 Å². The van der Waals surface area contributed by atoms with Gasteiger partial charge in [0.05, 0.1) is 0 Å². The number of alkyl halides is 1. The largest absolute Gasteiger partial charge is 0.479 e. The molecule has 0 aliphatic carbocycles. The van der Waals surface area contributed by atoms with E-state index in [1.165, 1.54) is 0 Å². The first kappa shape index (κ1) is 10.9. The van der Waals surface area contributed by atoms with Gasteiger partial charge in [0.1, 0.15) is 5.75 Å². The van der Waals surface area contributed by atoms with Crippen molar-refractivity contribution in [1.82, 2.24) is 0 Å². The van der Waals surface area contributed by atoms with Crippen LogP contribution in [0, 0.1) is 0 Å². The predicted molar refractivity (Wildman–Crippen MR) is 59.7 cm³/mol. The zero-order valence-corrected chi connectivity index (χ0v) is 9.81. The molecule has 0 saturated carbocycles. The average Bonchev–Trinajstić information content (AvgIpc) is 2.04. The molecule has 72 valence electrons. The molecular formula is C10H12BrClO. The summed E-state index contributed by atoms with van der Waals surface area (Å²) in [5, 5.41) is 0.782. The van der Waals surface area contributed by atoms with Crippen LogP contribution in [0.3, 0.4) is 0 Å². The molecule has 13 heavy (non-hydrogen) atoms. The minimum atomic E-state index is 0.0796. The van der Waals surface area contributed by atoms with Crippen LogP contribution in [-0.4, -0.2) is 5.01 Å². The highest BCUT2D eigenvalue weighted by molar-refractivity contribution is 9.09. The summed E-state index contributed by atoms with van der Waals surface area (Å²) in [6.07, 6.45) is 2.09. The molecule has 0 aliphatic rings. The molecule has 1 atom stereocenters. The number of rotatable bonds is 4. The summed E-state index contributed by atoms with van der Waals surface area (Å²) in [7, 11) is 0. The number of ether oxygens (including phenoxy) is 1. The van der Waals surface area contributed by atoms with Gasteiger partial charge in [-0.1, -0.05) is 31.0 Å². The van der Waals surface area contributed by atoms with Crippen molar-refractivity contribution in [3.63, 3.8) is 0 Å². The van der Waals surface area contributed by atoms with Gasteiger partial charge < -0.3 is 4.74 Å². The van der Waals surface area contributed by atoms with E-state index in [9.17, 15) is 0 Å². The van der Waals surface area contributed by atoms with Gasteiger partial charge in [-0.3, -0.25) is 0 Å². The molecule has 0 aromatic heterocycles. The fraction of sp³-hybridized carbons (Fsp3) is 0.400. The van der Waals surface area contributed by atoms with E-state index >= 15 is 0 Å². The van der Waals surface area contributed by atoms with Crippen LogP contribution in [-0.2, 0) is 0 Å². The normalized spacial score (nSPS) is 12.5. The Hall–Kier alpha value is -0.210. The van der Waals surface area contributed by atoms with E-state index in [2.05, 4.69) is 22.9 Å². The van der Waals surface area contributed by atoms with Gasteiger partial charge in [0.25, 0.3) is 0 Å². The lowest BCUT2D eigenvalue weighted by atomic mass is 10.3. The molecule has 1 aromatic rings. The van der Waals surface area contributed by atoms with Crippen molar-refractivity contribution in [2.45, 2.75) is 24.8 Å². The van der Waals surface area contributed by atoms with E-state index in [-0.39, 0.29) is 5.01 Å². The van der Waals surface area contributed by atoms with E-state index in [0.717, 1.165) is 18.6 Å². The Kier molecular flexibility index (Phi) is 4.60. The zero-order chi connectivity index (χ0) is 9.68. The highest BCUT2D eigenvalue weighted by Gasteiger charge is 2.03. The molecule has 0 amide bonds. The summed E-state index contributed by atoms with van der Waals surface area (Å²) < 4.78 is 5.57. The summed E-state index contributed by atoms with van der Waals surface area (Å²) in [6.45, 7) is 2.12. The minimum Gasteiger partial charge on any atom is -0.479 e. The maximum absolute atomic E-state index is 5.81. The standard InChI is InChI=1S/C10H12BrClO/c1-2-4-10(11)13-9-6-3-5-8(12)7-9/h3,5-7,10H,2,4H2,1H3. The van der Waals surface area contributed by atoms with Crippen molar-refractivity contribution in [3.05, 3.63) is 29.3 Å². The monoisotopic (exact) mass is 262 g/mol. The maximum Gasteiger partial charge on any atom is 0.153 e. The second-order valence-corrected chi connectivity index (χ2v) is 4.23. The predicted octanol–water partition coefficient (Wildman–Crippen LogP) is 4.24. The van der Waals surface area contributed by atoms with Crippen LogP contribution in [0.5, 0.6) is 5.75 Å². The molecule has 1 rings (SSSR count). The van der Waals surface area contributed by atoms with E-state index in [1.807, 2.05) is 24.3 Å². The fourth-order valence-electron chi connectivity index (χ4n) is 0.974. The van der Waals surface area contributed by atoms with Crippen molar-refractivity contribution in [1.29, 1.82) is 0 Å². The van der Waals surface area contributed by atoms with Crippen LogP contribution >= 0.6 is 27.5 Å². The molecule has 0 radical (unpaired) electrons. The van der Waals surface area contributed by atoms with Crippen molar-refractivity contribution < 1.29 is 4.74 Å². The van der Waals surface area contributed by atoms with Gasteiger partial charge in [0, 0.05) is 5.02 Å². The van der Waals surface area contributed by atoms with E-state index in [4.69, 9.17) is 16.3 Å².